The molecule has 3 aromatic carbocycles. The van der Waals surface area contributed by atoms with Gasteiger partial charge in [0.15, 0.2) is 0 Å². The molecule has 0 aromatic heterocycles. The van der Waals surface area contributed by atoms with Gasteiger partial charge in [0.2, 0.25) is 9.84 Å². The van der Waals surface area contributed by atoms with Crippen molar-refractivity contribution in [2.24, 2.45) is 0 Å². The predicted molar refractivity (Wildman–Crippen MR) is 121 cm³/mol. The first kappa shape index (κ1) is 21.5. The lowest BCUT2D eigenvalue weighted by Crippen LogP contribution is -2.32. The van der Waals surface area contributed by atoms with E-state index in [1.165, 1.54) is 29.3 Å². The van der Waals surface area contributed by atoms with Gasteiger partial charge in [-0.2, -0.15) is 0 Å². The van der Waals surface area contributed by atoms with E-state index in [0.29, 0.717) is 5.92 Å². The molecule has 0 atom stereocenters. The zero-order valence-electron chi connectivity index (χ0n) is 17.6. The van der Waals surface area contributed by atoms with Crippen molar-refractivity contribution in [3.63, 3.8) is 0 Å². The van der Waals surface area contributed by atoms with E-state index in [0.717, 1.165) is 49.8 Å². The summed E-state index contributed by atoms with van der Waals surface area (Å²) in [7, 11) is -3.72. The molecule has 31 heavy (non-hydrogen) atoms. The Morgan fingerprint density at radius 1 is 0.968 bits per heavy atom. The van der Waals surface area contributed by atoms with Gasteiger partial charge in [-0.3, -0.25) is 4.90 Å². The lowest BCUT2D eigenvalue weighted by Gasteiger charge is -2.33. The summed E-state index contributed by atoms with van der Waals surface area (Å²) in [5.74, 6) is -0.0342. The lowest BCUT2D eigenvalue weighted by atomic mass is 9.86. The molecule has 0 unspecified atom stereocenters. The highest BCUT2D eigenvalue weighted by Gasteiger charge is 2.23. The number of nitrogens with two attached hydrogens (primary N) is 1. The van der Waals surface area contributed by atoms with Crippen molar-refractivity contribution in [2.75, 3.05) is 18.8 Å². The smallest absolute Gasteiger partial charge is 0.206 e. The molecule has 6 heteroatoms. The number of likely N-dealkylation sites (tertiary alicyclic amines) is 1. The molecule has 4 nitrogen and oxygen atoms in total. The van der Waals surface area contributed by atoms with Gasteiger partial charge in [-0.05, 0) is 97.9 Å². The largest absolute Gasteiger partial charge is 0.399 e. The van der Waals surface area contributed by atoms with Gasteiger partial charge in [0.25, 0.3) is 0 Å². The molecule has 2 N–H and O–H groups in total. The molecule has 0 spiro atoms. The Kier molecular flexibility index (Phi) is 6.12. The van der Waals surface area contributed by atoms with Crippen LogP contribution in [0, 0.1) is 12.7 Å². The molecule has 0 bridgehead atoms. The number of nitrogens with zero attached hydrogens (tertiary/aromatic N) is 1. The first-order chi connectivity index (χ1) is 14.8. The van der Waals surface area contributed by atoms with Gasteiger partial charge in [-0.1, -0.05) is 24.3 Å². The molecule has 1 aliphatic rings. The van der Waals surface area contributed by atoms with Crippen LogP contribution >= 0.6 is 0 Å². The van der Waals surface area contributed by atoms with Gasteiger partial charge in [0.1, 0.15) is 5.82 Å². The van der Waals surface area contributed by atoms with Crippen LogP contribution < -0.4 is 5.73 Å². The molecule has 1 saturated heterocycles. The zero-order valence-corrected chi connectivity index (χ0v) is 18.4. The molecule has 1 fully saturated rings. The topological polar surface area (TPSA) is 63.4 Å². The van der Waals surface area contributed by atoms with Crippen LogP contribution in [0.25, 0.3) is 0 Å². The van der Waals surface area contributed by atoms with E-state index >= 15 is 0 Å². The Bertz CT molecular complexity index is 1170. The second kappa shape index (κ2) is 8.81. The second-order valence-corrected chi connectivity index (χ2v) is 10.2. The molecule has 0 radical (unpaired) electrons. The highest BCUT2D eigenvalue weighted by atomic mass is 32.2. The van der Waals surface area contributed by atoms with Crippen LogP contribution in [0.15, 0.2) is 76.5 Å². The first-order valence-electron chi connectivity index (χ1n) is 10.5. The number of anilines is 1. The fourth-order valence-electron chi connectivity index (χ4n) is 4.30. The maximum atomic E-state index is 13.4. The summed E-state index contributed by atoms with van der Waals surface area (Å²) < 4.78 is 38.9. The van der Waals surface area contributed by atoms with Crippen molar-refractivity contribution in [1.82, 2.24) is 4.90 Å². The molecule has 0 aliphatic carbocycles. The lowest BCUT2D eigenvalue weighted by molar-refractivity contribution is 0.204. The Hall–Kier alpha value is -2.70. The molecular weight excluding hydrogens is 411 g/mol. The van der Waals surface area contributed by atoms with E-state index in [9.17, 15) is 12.8 Å². The maximum absolute atomic E-state index is 13.4. The Labute approximate surface area is 183 Å². The van der Waals surface area contributed by atoms with Gasteiger partial charge in [-0.25, -0.2) is 12.8 Å². The summed E-state index contributed by atoms with van der Waals surface area (Å²) in [5, 5.41) is 0. The molecule has 162 valence electrons. The van der Waals surface area contributed by atoms with Crippen molar-refractivity contribution < 1.29 is 12.8 Å². The SMILES string of the molecule is Cc1ccc(N)cc1C1CCN(Cc2ccc(S(=O)(=O)c3cccc(F)c3)cc2)CC1. The molecule has 0 saturated carbocycles. The average Bonchev–Trinajstić information content (AvgIpc) is 2.76. The monoisotopic (exact) mass is 438 g/mol. The van der Waals surface area contributed by atoms with E-state index in [1.807, 2.05) is 18.2 Å². The number of hydrogen-bond acceptors (Lipinski definition) is 4. The highest BCUT2D eigenvalue weighted by molar-refractivity contribution is 7.91. The van der Waals surface area contributed by atoms with Crippen LogP contribution in [0.3, 0.4) is 0 Å². The summed E-state index contributed by atoms with van der Waals surface area (Å²) in [6, 6.07) is 18.2. The fraction of sp³-hybridized carbons (Fsp3) is 0.280. The maximum Gasteiger partial charge on any atom is 0.206 e. The van der Waals surface area contributed by atoms with Crippen LogP contribution in [-0.2, 0) is 16.4 Å². The molecule has 4 rings (SSSR count). The molecule has 1 heterocycles. The third kappa shape index (κ3) is 4.81. The normalized spacial score (nSPS) is 15.8. The zero-order chi connectivity index (χ0) is 22.0. The minimum absolute atomic E-state index is 0.0286. The third-order valence-corrected chi connectivity index (χ3v) is 7.84. The average molecular weight is 439 g/mol. The second-order valence-electron chi connectivity index (χ2n) is 8.27. The van der Waals surface area contributed by atoms with Crippen LogP contribution in [0.5, 0.6) is 0 Å². The summed E-state index contributed by atoms with van der Waals surface area (Å²) in [4.78, 5) is 2.55. The third-order valence-electron chi connectivity index (χ3n) is 6.08. The highest BCUT2D eigenvalue weighted by Crippen LogP contribution is 2.32. The number of aryl methyl sites for hydroxylation is 1. The van der Waals surface area contributed by atoms with Crippen molar-refractivity contribution in [3.05, 3.63) is 89.2 Å². The number of halogens is 1. The Balaban J connectivity index is 1.39. The van der Waals surface area contributed by atoms with Gasteiger partial charge in [0.05, 0.1) is 9.79 Å². The summed E-state index contributed by atoms with van der Waals surface area (Å²) in [6.07, 6.45) is 2.16. The van der Waals surface area contributed by atoms with Crippen LogP contribution in [0.2, 0.25) is 0 Å². The Morgan fingerprint density at radius 2 is 1.68 bits per heavy atom. The predicted octanol–water partition coefficient (Wildman–Crippen LogP) is 4.93. The molecule has 0 amide bonds. The number of sulfone groups is 1. The summed E-state index contributed by atoms with van der Waals surface area (Å²) in [6.45, 7) is 4.90. The minimum atomic E-state index is -3.72. The fourth-order valence-corrected chi connectivity index (χ4v) is 5.60. The minimum Gasteiger partial charge on any atom is -0.399 e. The number of hydrogen-bond donors (Lipinski definition) is 1. The number of benzene rings is 3. The summed E-state index contributed by atoms with van der Waals surface area (Å²) >= 11 is 0. The molecule has 1 aliphatic heterocycles. The van der Waals surface area contributed by atoms with E-state index < -0.39 is 15.7 Å². The van der Waals surface area contributed by atoms with Crippen molar-refractivity contribution in [3.8, 4) is 0 Å². The van der Waals surface area contributed by atoms with E-state index in [2.05, 4.69) is 24.0 Å². The van der Waals surface area contributed by atoms with Crippen LogP contribution in [0.1, 0.15) is 35.4 Å². The van der Waals surface area contributed by atoms with Gasteiger partial charge in [-0.15, -0.1) is 0 Å². The van der Waals surface area contributed by atoms with E-state index in [1.54, 1.807) is 12.1 Å². The summed E-state index contributed by atoms with van der Waals surface area (Å²) in [5.41, 5.74) is 10.5. The molecular formula is C25H27FN2O2S. The van der Waals surface area contributed by atoms with Crippen LogP contribution in [0.4, 0.5) is 10.1 Å². The Morgan fingerprint density at radius 3 is 2.35 bits per heavy atom. The van der Waals surface area contributed by atoms with Gasteiger partial charge >= 0.3 is 0 Å². The van der Waals surface area contributed by atoms with Crippen molar-refractivity contribution in [1.29, 1.82) is 0 Å². The van der Waals surface area contributed by atoms with E-state index in [-0.39, 0.29) is 9.79 Å². The molecule has 3 aromatic rings. The van der Waals surface area contributed by atoms with Crippen LogP contribution in [-0.4, -0.2) is 26.4 Å². The number of nitrogen functional groups attached to an aromatic ring is 1. The quantitative estimate of drug-likeness (QED) is 0.574. The van der Waals surface area contributed by atoms with Gasteiger partial charge < -0.3 is 5.73 Å². The van der Waals surface area contributed by atoms with Crippen molar-refractivity contribution in [2.45, 2.75) is 42.0 Å². The van der Waals surface area contributed by atoms with Gasteiger partial charge in [0, 0.05) is 12.2 Å². The number of piperidine rings is 1. The number of rotatable bonds is 5. The first-order valence-corrected chi connectivity index (χ1v) is 12.0. The standard InChI is InChI=1S/C25H27FN2O2S/c1-18-5-8-22(27)16-25(18)20-11-13-28(14-12-20)17-19-6-9-23(10-7-19)31(29,30)24-4-2-3-21(26)15-24/h2-10,15-16,20H,11-14,17,27H2,1H3. The van der Waals surface area contributed by atoms with Crippen molar-refractivity contribution >= 4 is 15.5 Å². The van der Waals surface area contributed by atoms with E-state index in [4.69, 9.17) is 5.73 Å².